The Kier molecular flexibility index (Phi) is 4.14. The Morgan fingerprint density at radius 1 is 0.964 bits per heavy atom. The lowest BCUT2D eigenvalue weighted by molar-refractivity contribution is 1.03. The van der Waals surface area contributed by atoms with Crippen molar-refractivity contribution in [1.82, 2.24) is 20.2 Å². The van der Waals surface area contributed by atoms with Crippen molar-refractivity contribution in [1.29, 1.82) is 0 Å². The van der Waals surface area contributed by atoms with Crippen LogP contribution in [-0.4, -0.2) is 20.2 Å². The van der Waals surface area contributed by atoms with Crippen LogP contribution in [0.5, 0.6) is 0 Å². The maximum Gasteiger partial charge on any atom is 0.183 e. The summed E-state index contributed by atoms with van der Waals surface area (Å²) >= 11 is 1.59. The fraction of sp³-hybridized carbons (Fsp3) is 0.0435. The molecule has 0 radical (unpaired) electrons. The van der Waals surface area contributed by atoms with Crippen molar-refractivity contribution in [2.75, 3.05) is 0 Å². The van der Waals surface area contributed by atoms with Crippen LogP contribution in [0, 0.1) is 0 Å². The number of fused-ring (bicyclic) bond motifs is 2. The standard InChI is InChI=1S/C23H16N4S/c1-2-7-17-16-9-4-3-8-15(16)11-12-18(17)22-25-23-20(26-27-22)14-21(28-23)19-10-5-6-13-24-19/h2-6,8-14H,1,7H2. The number of rotatable bonds is 4. The average Bonchev–Trinajstić information content (AvgIpc) is 3.18. The van der Waals surface area contributed by atoms with Crippen LogP contribution in [0.25, 0.3) is 43.1 Å². The van der Waals surface area contributed by atoms with Crippen LogP contribution in [0.4, 0.5) is 0 Å². The van der Waals surface area contributed by atoms with Crippen molar-refractivity contribution in [3.8, 4) is 22.0 Å². The Bertz CT molecular complexity index is 1310. The van der Waals surface area contributed by atoms with Crippen LogP contribution in [0.3, 0.4) is 0 Å². The van der Waals surface area contributed by atoms with E-state index in [0.29, 0.717) is 5.82 Å². The molecule has 0 aliphatic heterocycles. The Morgan fingerprint density at radius 2 is 1.86 bits per heavy atom. The molecule has 0 aliphatic carbocycles. The molecule has 28 heavy (non-hydrogen) atoms. The van der Waals surface area contributed by atoms with Gasteiger partial charge in [0, 0.05) is 11.8 Å². The highest BCUT2D eigenvalue weighted by molar-refractivity contribution is 7.21. The van der Waals surface area contributed by atoms with Gasteiger partial charge in [0.25, 0.3) is 0 Å². The quantitative estimate of drug-likeness (QED) is 0.375. The first-order valence-electron chi connectivity index (χ1n) is 9.01. The topological polar surface area (TPSA) is 51.6 Å². The molecule has 2 aromatic carbocycles. The molecule has 3 aromatic heterocycles. The van der Waals surface area contributed by atoms with E-state index in [1.807, 2.05) is 30.3 Å². The summed E-state index contributed by atoms with van der Waals surface area (Å²) in [6.07, 6.45) is 4.46. The lowest BCUT2D eigenvalue weighted by atomic mass is 9.96. The number of nitrogens with zero attached hydrogens (tertiary/aromatic N) is 4. The van der Waals surface area contributed by atoms with Gasteiger partial charge in [-0.25, -0.2) is 4.98 Å². The van der Waals surface area contributed by atoms with E-state index in [2.05, 4.69) is 58.2 Å². The van der Waals surface area contributed by atoms with Crippen LogP contribution < -0.4 is 0 Å². The van der Waals surface area contributed by atoms with Gasteiger partial charge in [0.05, 0.1) is 10.6 Å². The lowest BCUT2D eigenvalue weighted by Gasteiger charge is -2.10. The van der Waals surface area contributed by atoms with E-state index in [9.17, 15) is 0 Å². The molecule has 0 atom stereocenters. The zero-order valence-corrected chi connectivity index (χ0v) is 15.9. The molecule has 0 saturated heterocycles. The van der Waals surface area contributed by atoms with E-state index in [0.717, 1.165) is 32.9 Å². The molecule has 0 saturated carbocycles. The van der Waals surface area contributed by atoms with Crippen LogP contribution in [0.1, 0.15) is 5.56 Å². The van der Waals surface area contributed by atoms with E-state index >= 15 is 0 Å². The third kappa shape index (κ3) is 2.86. The van der Waals surface area contributed by atoms with E-state index < -0.39 is 0 Å². The summed E-state index contributed by atoms with van der Waals surface area (Å²) in [5, 5.41) is 11.3. The summed E-state index contributed by atoms with van der Waals surface area (Å²) in [7, 11) is 0. The Hall–Kier alpha value is -3.44. The van der Waals surface area contributed by atoms with Gasteiger partial charge in [-0.15, -0.1) is 28.1 Å². The lowest BCUT2D eigenvalue weighted by Crippen LogP contribution is -1.97. The minimum Gasteiger partial charge on any atom is -0.255 e. The molecule has 5 heteroatoms. The van der Waals surface area contributed by atoms with E-state index in [1.54, 1.807) is 17.5 Å². The molecule has 0 bridgehead atoms. The Morgan fingerprint density at radius 3 is 2.71 bits per heavy atom. The zero-order valence-electron chi connectivity index (χ0n) is 15.0. The molecule has 0 spiro atoms. The summed E-state index contributed by atoms with van der Waals surface area (Å²) in [6, 6.07) is 20.4. The molecule has 0 unspecified atom stereocenters. The molecule has 5 aromatic rings. The molecule has 4 nitrogen and oxygen atoms in total. The molecule has 5 rings (SSSR count). The predicted octanol–water partition coefficient (Wildman–Crippen LogP) is 5.70. The smallest absolute Gasteiger partial charge is 0.183 e. The van der Waals surface area contributed by atoms with Crippen molar-refractivity contribution in [2.45, 2.75) is 6.42 Å². The number of benzene rings is 2. The third-order valence-corrected chi connectivity index (χ3v) is 5.74. The van der Waals surface area contributed by atoms with Gasteiger partial charge < -0.3 is 0 Å². The van der Waals surface area contributed by atoms with Gasteiger partial charge in [-0.05, 0) is 41.0 Å². The van der Waals surface area contributed by atoms with E-state index in [-0.39, 0.29) is 0 Å². The van der Waals surface area contributed by atoms with Crippen molar-refractivity contribution < 1.29 is 0 Å². The first-order chi connectivity index (χ1) is 13.8. The summed E-state index contributed by atoms with van der Waals surface area (Å²) in [6.45, 7) is 3.92. The summed E-state index contributed by atoms with van der Waals surface area (Å²) in [5.74, 6) is 0.643. The Balaban J connectivity index is 1.67. The Labute approximate surface area is 166 Å². The molecule has 0 N–H and O–H groups in total. The fourth-order valence-electron chi connectivity index (χ4n) is 3.40. The van der Waals surface area contributed by atoms with Gasteiger partial charge in [0.2, 0.25) is 0 Å². The number of thiophene rings is 1. The second-order valence-electron chi connectivity index (χ2n) is 6.46. The van der Waals surface area contributed by atoms with Crippen molar-refractivity contribution in [2.24, 2.45) is 0 Å². The summed E-state index contributed by atoms with van der Waals surface area (Å²) < 4.78 is 0. The number of allylic oxidation sites excluding steroid dienone is 1. The van der Waals surface area contributed by atoms with Crippen LogP contribution >= 0.6 is 11.3 Å². The van der Waals surface area contributed by atoms with E-state index in [1.165, 1.54) is 16.3 Å². The van der Waals surface area contributed by atoms with E-state index in [4.69, 9.17) is 4.98 Å². The minimum absolute atomic E-state index is 0.643. The van der Waals surface area contributed by atoms with Crippen molar-refractivity contribution in [3.05, 3.63) is 85.1 Å². The first-order valence-corrected chi connectivity index (χ1v) is 9.83. The predicted molar refractivity (Wildman–Crippen MR) is 115 cm³/mol. The molecule has 0 fully saturated rings. The molecular weight excluding hydrogens is 364 g/mol. The normalized spacial score (nSPS) is 11.1. The highest BCUT2D eigenvalue weighted by atomic mass is 32.1. The molecule has 3 heterocycles. The highest BCUT2D eigenvalue weighted by Gasteiger charge is 2.14. The second-order valence-corrected chi connectivity index (χ2v) is 7.49. The second kappa shape index (κ2) is 6.94. The highest BCUT2D eigenvalue weighted by Crippen LogP contribution is 2.33. The monoisotopic (exact) mass is 380 g/mol. The largest absolute Gasteiger partial charge is 0.255 e. The van der Waals surface area contributed by atoms with Crippen LogP contribution in [0.15, 0.2) is 79.5 Å². The van der Waals surface area contributed by atoms with Gasteiger partial charge in [0.1, 0.15) is 10.3 Å². The zero-order chi connectivity index (χ0) is 18.9. The molecule has 0 amide bonds. The van der Waals surface area contributed by atoms with Crippen LogP contribution in [0.2, 0.25) is 0 Å². The van der Waals surface area contributed by atoms with Gasteiger partial charge in [-0.3, -0.25) is 4.98 Å². The third-order valence-electron chi connectivity index (χ3n) is 4.70. The van der Waals surface area contributed by atoms with Gasteiger partial charge in [-0.2, -0.15) is 0 Å². The average molecular weight is 380 g/mol. The SMILES string of the molecule is C=CCc1c(-c2nnc3cc(-c4ccccn4)sc3n2)ccc2ccccc12. The summed E-state index contributed by atoms with van der Waals surface area (Å²) in [5.41, 5.74) is 3.89. The molecular formula is C23H16N4S. The van der Waals surface area contributed by atoms with Crippen molar-refractivity contribution >= 4 is 32.5 Å². The number of hydrogen-bond acceptors (Lipinski definition) is 5. The molecule has 0 aliphatic rings. The maximum absolute atomic E-state index is 4.82. The fourth-order valence-corrected chi connectivity index (χ4v) is 4.34. The summed E-state index contributed by atoms with van der Waals surface area (Å²) in [4.78, 5) is 11.2. The number of pyridine rings is 1. The van der Waals surface area contributed by atoms with Crippen molar-refractivity contribution in [3.63, 3.8) is 0 Å². The number of aromatic nitrogens is 4. The minimum atomic E-state index is 0.643. The van der Waals surface area contributed by atoms with Gasteiger partial charge in [0.15, 0.2) is 5.82 Å². The van der Waals surface area contributed by atoms with Crippen LogP contribution in [-0.2, 0) is 6.42 Å². The maximum atomic E-state index is 4.82. The molecule has 134 valence electrons. The van der Waals surface area contributed by atoms with Gasteiger partial charge >= 0.3 is 0 Å². The first kappa shape index (κ1) is 16.7. The van der Waals surface area contributed by atoms with Gasteiger partial charge in [-0.1, -0.05) is 48.5 Å². The number of hydrogen-bond donors (Lipinski definition) is 0.